The quantitative estimate of drug-likeness (QED) is 0.724. The first kappa shape index (κ1) is 12.3. The highest BCUT2D eigenvalue weighted by Gasteiger charge is 2.29. The smallest absolute Gasteiger partial charge is 0.255 e. The topological polar surface area (TPSA) is 55.6 Å². The Kier molecular flexibility index (Phi) is 4.90. The maximum absolute atomic E-state index is 12.2. The van der Waals surface area contributed by atoms with Crippen molar-refractivity contribution in [2.24, 2.45) is 5.73 Å². The van der Waals surface area contributed by atoms with Gasteiger partial charge in [0.15, 0.2) is 0 Å². The van der Waals surface area contributed by atoms with Crippen LogP contribution in [-0.2, 0) is 9.53 Å². The Labute approximate surface area is 87.4 Å². The van der Waals surface area contributed by atoms with Crippen LogP contribution in [0, 0.1) is 0 Å². The standard InChI is InChI=1S/C9H16F2N2O2/c10-8(11)6-13(4-3-12)9(14)7-2-1-5-15-7/h7-8H,1-6,12H2. The molecule has 0 saturated carbocycles. The number of amides is 1. The second-order valence-electron chi connectivity index (χ2n) is 3.47. The number of alkyl halides is 2. The van der Waals surface area contributed by atoms with Crippen molar-refractivity contribution in [1.29, 1.82) is 0 Å². The van der Waals surface area contributed by atoms with Crippen LogP contribution in [0.3, 0.4) is 0 Å². The van der Waals surface area contributed by atoms with Gasteiger partial charge in [-0.05, 0) is 12.8 Å². The van der Waals surface area contributed by atoms with Crippen molar-refractivity contribution in [1.82, 2.24) is 4.90 Å². The zero-order valence-electron chi connectivity index (χ0n) is 8.49. The van der Waals surface area contributed by atoms with E-state index in [0.717, 1.165) is 11.3 Å². The summed E-state index contributed by atoms with van der Waals surface area (Å²) < 4.78 is 29.5. The van der Waals surface area contributed by atoms with Crippen LogP contribution in [0.15, 0.2) is 0 Å². The molecular formula is C9H16F2N2O2. The van der Waals surface area contributed by atoms with Gasteiger partial charge in [0.1, 0.15) is 6.10 Å². The van der Waals surface area contributed by atoms with Crippen LogP contribution in [0.4, 0.5) is 8.78 Å². The van der Waals surface area contributed by atoms with Crippen molar-refractivity contribution in [2.75, 3.05) is 26.2 Å². The molecule has 6 heteroatoms. The molecule has 0 spiro atoms. The van der Waals surface area contributed by atoms with Gasteiger partial charge in [-0.25, -0.2) is 8.78 Å². The summed E-state index contributed by atoms with van der Waals surface area (Å²) in [5.41, 5.74) is 5.26. The molecule has 0 radical (unpaired) electrons. The minimum Gasteiger partial charge on any atom is -0.368 e. The molecule has 0 bridgehead atoms. The Hall–Kier alpha value is -0.750. The van der Waals surface area contributed by atoms with Crippen LogP contribution < -0.4 is 5.73 Å². The fourth-order valence-corrected chi connectivity index (χ4v) is 1.59. The molecule has 15 heavy (non-hydrogen) atoms. The zero-order valence-corrected chi connectivity index (χ0v) is 8.49. The van der Waals surface area contributed by atoms with E-state index in [1.807, 2.05) is 0 Å². The van der Waals surface area contributed by atoms with Gasteiger partial charge in [0, 0.05) is 19.7 Å². The van der Waals surface area contributed by atoms with Crippen molar-refractivity contribution >= 4 is 5.91 Å². The Balaban J connectivity index is 2.49. The number of nitrogens with zero attached hydrogens (tertiary/aromatic N) is 1. The summed E-state index contributed by atoms with van der Waals surface area (Å²) in [5, 5.41) is 0. The number of ether oxygens (including phenoxy) is 1. The Morgan fingerprint density at radius 3 is 2.80 bits per heavy atom. The first-order chi connectivity index (χ1) is 7.15. The maximum Gasteiger partial charge on any atom is 0.255 e. The van der Waals surface area contributed by atoms with E-state index in [4.69, 9.17) is 10.5 Å². The van der Waals surface area contributed by atoms with E-state index in [-0.39, 0.29) is 19.0 Å². The molecule has 0 aliphatic carbocycles. The molecule has 1 fully saturated rings. The first-order valence-electron chi connectivity index (χ1n) is 5.03. The van der Waals surface area contributed by atoms with Crippen molar-refractivity contribution in [3.8, 4) is 0 Å². The van der Waals surface area contributed by atoms with E-state index in [9.17, 15) is 13.6 Å². The molecule has 4 nitrogen and oxygen atoms in total. The lowest BCUT2D eigenvalue weighted by Gasteiger charge is -2.24. The van der Waals surface area contributed by atoms with E-state index < -0.39 is 19.1 Å². The van der Waals surface area contributed by atoms with E-state index in [0.29, 0.717) is 13.0 Å². The highest BCUT2D eigenvalue weighted by atomic mass is 19.3. The Morgan fingerprint density at radius 1 is 1.60 bits per heavy atom. The van der Waals surface area contributed by atoms with Crippen LogP contribution >= 0.6 is 0 Å². The van der Waals surface area contributed by atoms with Crippen LogP contribution in [0.1, 0.15) is 12.8 Å². The van der Waals surface area contributed by atoms with Gasteiger partial charge in [0.25, 0.3) is 12.3 Å². The summed E-state index contributed by atoms with van der Waals surface area (Å²) in [7, 11) is 0. The maximum atomic E-state index is 12.2. The molecule has 88 valence electrons. The summed E-state index contributed by atoms with van der Waals surface area (Å²) in [6, 6.07) is 0. The number of carbonyl (C=O) groups is 1. The van der Waals surface area contributed by atoms with Gasteiger partial charge < -0.3 is 15.4 Å². The molecule has 1 unspecified atom stereocenters. The van der Waals surface area contributed by atoms with Gasteiger partial charge in [0.05, 0.1) is 6.54 Å². The third-order valence-corrected chi connectivity index (χ3v) is 2.27. The predicted octanol–water partition coefficient (Wildman–Crippen LogP) is 0.218. The van der Waals surface area contributed by atoms with Crippen LogP contribution in [0.25, 0.3) is 0 Å². The van der Waals surface area contributed by atoms with Gasteiger partial charge >= 0.3 is 0 Å². The molecule has 2 N–H and O–H groups in total. The molecule has 1 rings (SSSR count). The third-order valence-electron chi connectivity index (χ3n) is 2.27. The second-order valence-corrected chi connectivity index (χ2v) is 3.47. The number of hydrogen-bond acceptors (Lipinski definition) is 3. The zero-order chi connectivity index (χ0) is 11.3. The number of hydrogen-bond donors (Lipinski definition) is 1. The summed E-state index contributed by atoms with van der Waals surface area (Å²) in [5.74, 6) is -0.363. The molecule has 0 aromatic carbocycles. The molecule has 1 aliphatic rings. The summed E-state index contributed by atoms with van der Waals surface area (Å²) in [4.78, 5) is 12.8. The molecule has 1 saturated heterocycles. The minimum absolute atomic E-state index is 0.156. The van der Waals surface area contributed by atoms with Crippen LogP contribution in [0.5, 0.6) is 0 Å². The largest absolute Gasteiger partial charge is 0.368 e. The van der Waals surface area contributed by atoms with E-state index in [1.165, 1.54) is 0 Å². The van der Waals surface area contributed by atoms with E-state index >= 15 is 0 Å². The molecule has 1 atom stereocenters. The van der Waals surface area contributed by atoms with E-state index in [2.05, 4.69) is 0 Å². The van der Waals surface area contributed by atoms with Crippen molar-refractivity contribution in [3.05, 3.63) is 0 Å². The fraction of sp³-hybridized carbons (Fsp3) is 0.889. The molecule has 0 aromatic heterocycles. The van der Waals surface area contributed by atoms with Gasteiger partial charge in [-0.2, -0.15) is 0 Å². The molecule has 0 aromatic rings. The summed E-state index contributed by atoms with van der Waals surface area (Å²) >= 11 is 0. The lowest BCUT2D eigenvalue weighted by atomic mass is 10.2. The molecular weight excluding hydrogens is 206 g/mol. The lowest BCUT2D eigenvalue weighted by Crippen LogP contribution is -2.44. The number of carbonyl (C=O) groups excluding carboxylic acids is 1. The first-order valence-corrected chi connectivity index (χ1v) is 5.03. The fourth-order valence-electron chi connectivity index (χ4n) is 1.59. The highest BCUT2D eigenvalue weighted by Crippen LogP contribution is 2.15. The summed E-state index contributed by atoms with van der Waals surface area (Å²) in [6.07, 6.45) is -1.65. The summed E-state index contributed by atoms with van der Waals surface area (Å²) in [6.45, 7) is 0.311. The van der Waals surface area contributed by atoms with Crippen LogP contribution in [-0.4, -0.2) is 49.6 Å². The Bertz CT molecular complexity index is 208. The third kappa shape index (κ3) is 3.71. The van der Waals surface area contributed by atoms with Gasteiger partial charge in [-0.3, -0.25) is 4.79 Å². The second kappa shape index (κ2) is 5.97. The van der Waals surface area contributed by atoms with Gasteiger partial charge in [0.2, 0.25) is 0 Å². The van der Waals surface area contributed by atoms with Crippen LogP contribution in [0.2, 0.25) is 0 Å². The average molecular weight is 222 g/mol. The van der Waals surface area contributed by atoms with Crippen molar-refractivity contribution < 1.29 is 18.3 Å². The lowest BCUT2D eigenvalue weighted by molar-refractivity contribution is -0.142. The number of halogens is 2. The SMILES string of the molecule is NCCN(CC(F)F)C(=O)C1CCCO1. The minimum atomic E-state index is -2.53. The Morgan fingerprint density at radius 2 is 2.33 bits per heavy atom. The molecule has 1 amide bonds. The predicted molar refractivity (Wildman–Crippen MR) is 50.6 cm³/mol. The van der Waals surface area contributed by atoms with Gasteiger partial charge in [-0.15, -0.1) is 0 Å². The average Bonchev–Trinajstić information content (AvgIpc) is 2.68. The normalized spacial score (nSPS) is 20.9. The van der Waals surface area contributed by atoms with Gasteiger partial charge in [-0.1, -0.05) is 0 Å². The molecule has 1 aliphatic heterocycles. The highest BCUT2D eigenvalue weighted by molar-refractivity contribution is 5.81. The van der Waals surface area contributed by atoms with Crippen molar-refractivity contribution in [2.45, 2.75) is 25.4 Å². The molecule has 1 heterocycles. The number of rotatable bonds is 5. The van der Waals surface area contributed by atoms with E-state index in [1.54, 1.807) is 0 Å². The van der Waals surface area contributed by atoms with Crippen molar-refractivity contribution in [3.63, 3.8) is 0 Å². The monoisotopic (exact) mass is 222 g/mol. The number of nitrogens with two attached hydrogens (primary N) is 1.